The van der Waals surface area contributed by atoms with Gasteiger partial charge in [-0.2, -0.15) is 5.10 Å². The Hall–Kier alpha value is -3.48. The molecule has 0 atom stereocenters. The number of anilines is 1. The van der Waals surface area contributed by atoms with E-state index in [4.69, 9.17) is 14.2 Å². The molecule has 27 heavy (non-hydrogen) atoms. The number of H-pyrrole nitrogens is 1. The van der Waals surface area contributed by atoms with Gasteiger partial charge in [-0.25, -0.2) is 0 Å². The van der Waals surface area contributed by atoms with Crippen molar-refractivity contribution in [2.75, 3.05) is 26.1 Å². The van der Waals surface area contributed by atoms with Crippen LogP contribution in [0.15, 0.2) is 42.5 Å². The highest BCUT2D eigenvalue weighted by atomic mass is 16.5. The predicted octanol–water partition coefficient (Wildman–Crippen LogP) is 3.28. The molecule has 1 aliphatic rings. The van der Waals surface area contributed by atoms with Gasteiger partial charge in [-0.3, -0.25) is 9.89 Å². The van der Waals surface area contributed by atoms with Crippen molar-refractivity contribution in [3.8, 4) is 28.5 Å². The zero-order valence-electron chi connectivity index (χ0n) is 15.0. The van der Waals surface area contributed by atoms with E-state index in [2.05, 4.69) is 15.5 Å². The minimum Gasteiger partial charge on any atom is -0.497 e. The highest BCUT2D eigenvalue weighted by Crippen LogP contribution is 2.31. The number of aromatic amines is 1. The van der Waals surface area contributed by atoms with Crippen molar-refractivity contribution in [2.45, 2.75) is 6.42 Å². The third kappa shape index (κ3) is 3.31. The highest BCUT2D eigenvalue weighted by Gasteiger charge is 2.16. The summed E-state index contributed by atoms with van der Waals surface area (Å²) in [4.78, 5) is 12.6. The van der Waals surface area contributed by atoms with Crippen molar-refractivity contribution in [1.82, 2.24) is 10.2 Å². The van der Waals surface area contributed by atoms with Gasteiger partial charge in [0, 0.05) is 18.1 Å². The van der Waals surface area contributed by atoms with Crippen LogP contribution in [0.2, 0.25) is 0 Å². The van der Waals surface area contributed by atoms with E-state index in [1.165, 1.54) is 7.11 Å². The number of amides is 1. The van der Waals surface area contributed by atoms with Crippen LogP contribution in [0.3, 0.4) is 0 Å². The number of hydrogen-bond acceptors (Lipinski definition) is 5. The monoisotopic (exact) mass is 365 g/mol. The standard InChI is InChI=1S/C20H19N3O4/c1-25-14-4-5-15(19(10-14)26-2)21-20(24)17-11-16(22-23-17)12-3-6-18-13(9-12)7-8-27-18/h3-6,9-11H,7-8H2,1-2H3,(H,21,24)(H,22,23). The molecule has 1 aromatic heterocycles. The molecule has 7 heteroatoms. The number of methoxy groups -OCH3 is 2. The Morgan fingerprint density at radius 2 is 2.04 bits per heavy atom. The molecule has 1 amide bonds. The van der Waals surface area contributed by atoms with Gasteiger partial charge in [0.15, 0.2) is 0 Å². The zero-order chi connectivity index (χ0) is 18.8. The number of rotatable bonds is 5. The minimum atomic E-state index is -0.304. The highest BCUT2D eigenvalue weighted by molar-refractivity contribution is 6.04. The number of carbonyl (C=O) groups excluding carboxylic acids is 1. The van der Waals surface area contributed by atoms with Gasteiger partial charge in [-0.15, -0.1) is 0 Å². The summed E-state index contributed by atoms with van der Waals surface area (Å²) < 4.78 is 16.0. The van der Waals surface area contributed by atoms with E-state index in [1.807, 2.05) is 18.2 Å². The minimum absolute atomic E-state index is 0.304. The van der Waals surface area contributed by atoms with Gasteiger partial charge in [0.1, 0.15) is 22.9 Å². The molecule has 0 spiro atoms. The molecular weight excluding hydrogens is 346 g/mol. The lowest BCUT2D eigenvalue weighted by Gasteiger charge is -2.10. The van der Waals surface area contributed by atoms with Gasteiger partial charge in [-0.05, 0) is 42.0 Å². The zero-order valence-corrected chi connectivity index (χ0v) is 15.0. The molecule has 2 heterocycles. The third-order valence-corrected chi connectivity index (χ3v) is 4.46. The van der Waals surface area contributed by atoms with E-state index in [9.17, 15) is 4.79 Å². The first-order valence-corrected chi connectivity index (χ1v) is 8.53. The van der Waals surface area contributed by atoms with Crippen LogP contribution in [0.1, 0.15) is 16.1 Å². The summed E-state index contributed by atoms with van der Waals surface area (Å²) in [6, 6.07) is 12.8. The second-order valence-corrected chi connectivity index (χ2v) is 6.11. The Morgan fingerprint density at radius 1 is 1.15 bits per heavy atom. The third-order valence-electron chi connectivity index (χ3n) is 4.46. The Morgan fingerprint density at radius 3 is 2.85 bits per heavy atom. The molecule has 0 saturated heterocycles. The number of ether oxygens (including phenoxy) is 3. The topological polar surface area (TPSA) is 85.5 Å². The molecule has 0 fully saturated rings. The second-order valence-electron chi connectivity index (χ2n) is 6.11. The first-order chi connectivity index (χ1) is 13.2. The molecule has 2 N–H and O–H groups in total. The maximum absolute atomic E-state index is 12.6. The summed E-state index contributed by atoms with van der Waals surface area (Å²) in [5.74, 6) is 1.77. The van der Waals surface area contributed by atoms with E-state index >= 15 is 0 Å². The fourth-order valence-electron chi connectivity index (χ4n) is 3.02. The molecule has 0 bridgehead atoms. The predicted molar refractivity (Wildman–Crippen MR) is 101 cm³/mol. The number of nitrogens with one attached hydrogen (secondary N) is 2. The molecule has 4 rings (SSSR count). The van der Waals surface area contributed by atoms with Gasteiger partial charge >= 0.3 is 0 Å². The lowest BCUT2D eigenvalue weighted by atomic mass is 10.1. The van der Waals surface area contributed by atoms with Crippen molar-refractivity contribution >= 4 is 11.6 Å². The van der Waals surface area contributed by atoms with Crippen molar-refractivity contribution < 1.29 is 19.0 Å². The Balaban J connectivity index is 1.54. The molecule has 0 radical (unpaired) electrons. The van der Waals surface area contributed by atoms with E-state index in [-0.39, 0.29) is 5.91 Å². The number of hydrogen-bond donors (Lipinski definition) is 2. The number of carbonyl (C=O) groups is 1. The number of nitrogens with zero attached hydrogens (tertiary/aromatic N) is 1. The van der Waals surface area contributed by atoms with Crippen molar-refractivity contribution in [3.63, 3.8) is 0 Å². The van der Waals surface area contributed by atoms with E-state index in [0.29, 0.717) is 35.2 Å². The Labute approximate surface area is 156 Å². The van der Waals surface area contributed by atoms with Crippen molar-refractivity contribution in [3.05, 3.63) is 53.7 Å². The normalized spacial score (nSPS) is 12.2. The fourth-order valence-corrected chi connectivity index (χ4v) is 3.02. The fraction of sp³-hybridized carbons (Fsp3) is 0.200. The summed E-state index contributed by atoms with van der Waals surface area (Å²) >= 11 is 0. The maximum atomic E-state index is 12.6. The van der Waals surface area contributed by atoms with Crippen molar-refractivity contribution in [2.24, 2.45) is 0 Å². The molecular formula is C20H19N3O4. The van der Waals surface area contributed by atoms with Crippen LogP contribution in [-0.2, 0) is 6.42 Å². The van der Waals surface area contributed by atoms with Crippen LogP contribution in [0.4, 0.5) is 5.69 Å². The summed E-state index contributed by atoms with van der Waals surface area (Å²) in [7, 11) is 3.11. The molecule has 0 aliphatic carbocycles. The van der Waals surface area contributed by atoms with Gasteiger partial charge < -0.3 is 19.5 Å². The average Bonchev–Trinajstić information content (AvgIpc) is 3.37. The Bertz CT molecular complexity index is 997. The van der Waals surface area contributed by atoms with Gasteiger partial charge in [0.05, 0.1) is 32.2 Å². The summed E-state index contributed by atoms with van der Waals surface area (Å²) in [5, 5.41) is 9.88. The van der Waals surface area contributed by atoms with Crippen LogP contribution in [-0.4, -0.2) is 36.9 Å². The first kappa shape index (κ1) is 17.0. The molecule has 1 aliphatic heterocycles. The van der Waals surface area contributed by atoms with Crippen LogP contribution < -0.4 is 19.5 Å². The average molecular weight is 365 g/mol. The SMILES string of the molecule is COc1ccc(NC(=O)c2cc(-c3ccc4c(c3)CCO4)n[nH]2)c(OC)c1. The van der Waals surface area contributed by atoms with Gasteiger partial charge in [0.2, 0.25) is 0 Å². The summed E-state index contributed by atoms with van der Waals surface area (Å²) in [6.07, 6.45) is 0.887. The summed E-state index contributed by atoms with van der Waals surface area (Å²) in [6.45, 7) is 0.705. The van der Waals surface area contributed by atoms with Crippen molar-refractivity contribution in [1.29, 1.82) is 0 Å². The molecule has 0 saturated carbocycles. The number of benzene rings is 2. The lowest BCUT2D eigenvalue weighted by molar-refractivity contribution is 0.102. The quantitative estimate of drug-likeness (QED) is 0.725. The second kappa shape index (κ2) is 7.03. The molecule has 2 aromatic carbocycles. The maximum Gasteiger partial charge on any atom is 0.273 e. The molecule has 0 unspecified atom stereocenters. The Kier molecular flexibility index (Phi) is 4.42. The van der Waals surface area contributed by atoms with E-state index in [0.717, 1.165) is 23.3 Å². The van der Waals surface area contributed by atoms with Gasteiger partial charge in [-0.1, -0.05) is 0 Å². The number of aromatic nitrogens is 2. The lowest BCUT2D eigenvalue weighted by Crippen LogP contribution is -2.13. The smallest absolute Gasteiger partial charge is 0.273 e. The van der Waals surface area contributed by atoms with Gasteiger partial charge in [0.25, 0.3) is 5.91 Å². The van der Waals surface area contributed by atoms with E-state index < -0.39 is 0 Å². The van der Waals surface area contributed by atoms with E-state index in [1.54, 1.807) is 31.4 Å². The van der Waals surface area contributed by atoms with Crippen LogP contribution >= 0.6 is 0 Å². The molecule has 3 aromatic rings. The number of fused-ring (bicyclic) bond motifs is 1. The van der Waals surface area contributed by atoms with Crippen LogP contribution in [0.5, 0.6) is 17.2 Å². The molecule has 138 valence electrons. The first-order valence-electron chi connectivity index (χ1n) is 8.53. The largest absolute Gasteiger partial charge is 0.497 e. The van der Waals surface area contributed by atoms with Crippen LogP contribution in [0.25, 0.3) is 11.3 Å². The summed E-state index contributed by atoms with van der Waals surface area (Å²) in [5.41, 5.74) is 3.71. The molecule has 7 nitrogen and oxygen atoms in total. The van der Waals surface area contributed by atoms with Crippen LogP contribution in [0, 0.1) is 0 Å².